The van der Waals surface area contributed by atoms with Crippen molar-refractivity contribution in [2.45, 2.75) is 0 Å². The number of H-pyrrole nitrogens is 1. The molecule has 2 aromatic heterocycles. The van der Waals surface area contributed by atoms with E-state index in [9.17, 15) is 14.4 Å². The van der Waals surface area contributed by atoms with Gasteiger partial charge in [0, 0.05) is 16.3 Å². The lowest BCUT2D eigenvalue weighted by molar-refractivity contribution is 0.0550. The number of nitrogens with one attached hydrogen (secondary N) is 1. The highest BCUT2D eigenvalue weighted by Gasteiger charge is 2.23. The number of esters is 2. The first kappa shape index (κ1) is 14.7. The molecule has 0 bridgehead atoms. The number of pyridine rings is 2. The van der Waals surface area contributed by atoms with Gasteiger partial charge in [-0.1, -0.05) is 18.2 Å². The fourth-order valence-electron chi connectivity index (χ4n) is 2.42. The quantitative estimate of drug-likeness (QED) is 0.570. The molecule has 1 aromatic carbocycles. The topological polar surface area (TPSA) is 98.3 Å². The molecule has 0 fully saturated rings. The molecule has 0 radical (unpaired) electrons. The Balaban J connectivity index is 2.49. The number of hydrogen-bond acceptors (Lipinski definition) is 6. The van der Waals surface area contributed by atoms with Crippen molar-refractivity contribution < 1.29 is 19.1 Å². The number of hydrogen-bond donors (Lipinski definition) is 1. The van der Waals surface area contributed by atoms with Gasteiger partial charge in [-0.3, -0.25) is 4.79 Å². The third-order valence-corrected chi connectivity index (χ3v) is 3.49. The molecule has 116 valence electrons. The molecule has 0 aliphatic carbocycles. The van der Waals surface area contributed by atoms with Gasteiger partial charge in [0.25, 0.3) is 5.56 Å². The molecular weight excluding hydrogens is 300 g/mol. The first-order chi connectivity index (χ1) is 11.1. The summed E-state index contributed by atoms with van der Waals surface area (Å²) in [6.45, 7) is 0. The summed E-state index contributed by atoms with van der Waals surface area (Å²) in [5.74, 6) is -1.55. The van der Waals surface area contributed by atoms with Crippen LogP contribution in [0.4, 0.5) is 0 Å². The molecule has 0 spiro atoms. The highest BCUT2D eigenvalue weighted by atomic mass is 16.5. The van der Waals surface area contributed by atoms with Gasteiger partial charge in [0.05, 0.1) is 19.8 Å². The first-order valence-electron chi connectivity index (χ1n) is 6.69. The van der Waals surface area contributed by atoms with E-state index in [1.165, 1.54) is 20.3 Å². The highest BCUT2D eigenvalue weighted by Crippen LogP contribution is 2.23. The Morgan fingerprint density at radius 2 is 1.74 bits per heavy atom. The molecule has 0 amide bonds. The van der Waals surface area contributed by atoms with Crippen molar-refractivity contribution in [3.05, 3.63) is 51.9 Å². The number of methoxy groups -OCH3 is 2. The standard InChI is InChI=1S/C16H12N2O5/c1-22-15(20)10-7-9-8-5-3-4-6-11(8)17-14(19)12(9)18-13(10)16(21)23-2/h3-7H,1-2H3,(H,17,19). The second kappa shape index (κ2) is 5.53. The van der Waals surface area contributed by atoms with Gasteiger partial charge in [-0.2, -0.15) is 0 Å². The van der Waals surface area contributed by atoms with E-state index in [0.29, 0.717) is 16.3 Å². The second-order valence-electron chi connectivity index (χ2n) is 4.76. The van der Waals surface area contributed by atoms with E-state index in [4.69, 9.17) is 4.74 Å². The third kappa shape index (κ3) is 2.32. The van der Waals surface area contributed by atoms with Crippen molar-refractivity contribution in [1.82, 2.24) is 9.97 Å². The number of aromatic amines is 1. The van der Waals surface area contributed by atoms with Crippen molar-refractivity contribution >= 4 is 33.7 Å². The number of fused-ring (bicyclic) bond motifs is 3. The molecule has 3 rings (SSSR count). The van der Waals surface area contributed by atoms with Crippen LogP contribution in [0.25, 0.3) is 21.8 Å². The van der Waals surface area contributed by atoms with E-state index >= 15 is 0 Å². The molecule has 0 unspecified atom stereocenters. The average molecular weight is 312 g/mol. The predicted octanol–water partition coefficient (Wildman–Crippen LogP) is 1.65. The van der Waals surface area contributed by atoms with E-state index in [2.05, 4.69) is 14.7 Å². The normalized spacial score (nSPS) is 10.7. The van der Waals surface area contributed by atoms with Crippen LogP contribution in [-0.4, -0.2) is 36.1 Å². The summed E-state index contributed by atoms with van der Waals surface area (Å²) >= 11 is 0. The molecule has 0 aliphatic rings. The van der Waals surface area contributed by atoms with Crippen LogP contribution in [0.15, 0.2) is 35.1 Å². The first-order valence-corrected chi connectivity index (χ1v) is 6.69. The van der Waals surface area contributed by atoms with Crippen molar-refractivity contribution in [1.29, 1.82) is 0 Å². The Bertz CT molecular complexity index is 1010. The summed E-state index contributed by atoms with van der Waals surface area (Å²) in [5, 5.41) is 1.16. The van der Waals surface area contributed by atoms with Crippen LogP contribution < -0.4 is 5.56 Å². The van der Waals surface area contributed by atoms with Crippen LogP contribution in [0, 0.1) is 0 Å². The van der Waals surface area contributed by atoms with Gasteiger partial charge in [0.2, 0.25) is 0 Å². The minimum atomic E-state index is -0.820. The monoisotopic (exact) mass is 312 g/mol. The molecule has 1 N–H and O–H groups in total. The van der Waals surface area contributed by atoms with Crippen molar-refractivity contribution in [3.63, 3.8) is 0 Å². The molecule has 7 nitrogen and oxygen atoms in total. The van der Waals surface area contributed by atoms with E-state index in [-0.39, 0.29) is 16.8 Å². The van der Waals surface area contributed by atoms with Crippen LogP contribution in [0.3, 0.4) is 0 Å². The zero-order chi connectivity index (χ0) is 16.6. The fourth-order valence-corrected chi connectivity index (χ4v) is 2.42. The summed E-state index contributed by atoms with van der Waals surface area (Å²) in [7, 11) is 2.36. The van der Waals surface area contributed by atoms with E-state index in [1.54, 1.807) is 24.3 Å². The number of para-hydroxylation sites is 1. The molecule has 23 heavy (non-hydrogen) atoms. The van der Waals surface area contributed by atoms with Crippen molar-refractivity contribution in [3.8, 4) is 0 Å². The lowest BCUT2D eigenvalue weighted by atomic mass is 10.1. The van der Waals surface area contributed by atoms with Crippen LogP contribution in [0.2, 0.25) is 0 Å². The number of benzene rings is 1. The third-order valence-electron chi connectivity index (χ3n) is 3.49. The van der Waals surface area contributed by atoms with Gasteiger partial charge in [0.1, 0.15) is 5.52 Å². The van der Waals surface area contributed by atoms with E-state index in [1.807, 2.05) is 0 Å². The van der Waals surface area contributed by atoms with Gasteiger partial charge in [-0.05, 0) is 12.1 Å². The Morgan fingerprint density at radius 3 is 2.43 bits per heavy atom. The summed E-state index contributed by atoms with van der Waals surface area (Å²) < 4.78 is 9.32. The maximum atomic E-state index is 12.2. The Hall–Kier alpha value is -3.22. The zero-order valence-electron chi connectivity index (χ0n) is 12.4. The smallest absolute Gasteiger partial charge is 0.357 e. The molecule has 2 heterocycles. The maximum Gasteiger partial charge on any atom is 0.357 e. The van der Waals surface area contributed by atoms with Gasteiger partial charge in [0.15, 0.2) is 5.69 Å². The summed E-state index contributed by atoms with van der Waals surface area (Å²) in [6, 6.07) is 8.53. The lowest BCUT2D eigenvalue weighted by Gasteiger charge is -2.09. The highest BCUT2D eigenvalue weighted by molar-refractivity contribution is 6.10. The molecule has 3 aromatic rings. The molecular formula is C16H12N2O5. The minimum absolute atomic E-state index is 0.0525. The molecule has 7 heteroatoms. The molecule has 0 saturated carbocycles. The maximum absolute atomic E-state index is 12.2. The lowest BCUT2D eigenvalue weighted by Crippen LogP contribution is -2.17. The van der Waals surface area contributed by atoms with Gasteiger partial charge in [-0.25, -0.2) is 14.6 Å². The Labute approximate surface area is 129 Å². The van der Waals surface area contributed by atoms with Crippen LogP contribution in [-0.2, 0) is 9.47 Å². The number of rotatable bonds is 2. The molecule has 0 atom stereocenters. The van der Waals surface area contributed by atoms with Gasteiger partial charge in [-0.15, -0.1) is 0 Å². The van der Waals surface area contributed by atoms with E-state index < -0.39 is 17.5 Å². The van der Waals surface area contributed by atoms with Crippen molar-refractivity contribution in [2.24, 2.45) is 0 Å². The minimum Gasteiger partial charge on any atom is -0.465 e. The summed E-state index contributed by atoms with van der Waals surface area (Å²) in [5.41, 5.74) is -0.110. The Morgan fingerprint density at radius 1 is 1.04 bits per heavy atom. The number of aromatic nitrogens is 2. The van der Waals surface area contributed by atoms with E-state index in [0.717, 1.165) is 0 Å². The van der Waals surface area contributed by atoms with Gasteiger partial charge < -0.3 is 14.5 Å². The average Bonchev–Trinajstić information content (AvgIpc) is 2.59. The van der Waals surface area contributed by atoms with Crippen LogP contribution >= 0.6 is 0 Å². The Kier molecular flexibility index (Phi) is 3.53. The van der Waals surface area contributed by atoms with Crippen LogP contribution in [0.5, 0.6) is 0 Å². The number of carbonyl (C=O) groups is 2. The van der Waals surface area contributed by atoms with Crippen molar-refractivity contribution in [2.75, 3.05) is 14.2 Å². The van der Waals surface area contributed by atoms with Crippen LogP contribution in [0.1, 0.15) is 20.8 Å². The SMILES string of the molecule is COC(=O)c1cc2c(nc1C(=O)OC)c(=O)[nH]c1ccccc12. The summed E-state index contributed by atoms with van der Waals surface area (Å²) in [4.78, 5) is 42.8. The number of ether oxygens (including phenoxy) is 2. The zero-order valence-corrected chi connectivity index (χ0v) is 12.4. The molecule has 0 aliphatic heterocycles. The van der Waals surface area contributed by atoms with Gasteiger partial charge >= 0.3 is 11.9 Å². The fraction of sp³-hybridized carbons (Fsp3) is 0.125. The summed E-state index contributed by atoms with van der Waals surface area (Å²) in [6.07, 6.45) is 0. The molecule has 0 saturated heterocycles. The predicted molar refractivity (Wildman–Crippen MR) is 82.5 cm³/mol. The number of carbonyl (C=O) groups excluding carboxylic acids is 2. The number of nitrogens with zero attached hydrogens (tertiary/aromatic N) is 1. The second-order valence-corrected chi connectivity index (χ2v) is 4.76. The largest absolute Gasteiger partial charge is 0.465 e.